The smallest absolute Gasteiger partial charge is 0.309 e. The van der Waals surface area contributed by atoms with Crippen molar-refractivity contribution in [2.24, 2.45) is 11.8 Å². The van der Waals surface area contributed by atoms with Gasteiger partial charge in [-0.25, -0.2) is 0 Å². The lowest BCUT2D eigenvalue weighted by Crippen LogP contribution is -2.35. The van der Waals surface area contributed by atoms with E-state index in [2.05, 4.69) is 11.2 Å². The second-order valence-corrected chi connectivity index (χ2v) is 5.10. The average Bonchev–Trinajstić information content (AvgIpc) is 2.40. The number of piperidine rings is 1. The van der Waals surface area contributed by atoms with Gasteiger partial charge in [-0.15, -0.1) is 12.3 Å². The summed E-state index contributed by atoms with van der Waals surface area (Å²) in [7, 11) is 0. The largest absolute Gasteiger partial charge is 0.462 e. The quantitative estimate of drug-likeness (QED) is 0.585. The molecular formula is C14H21NO2. The summed E-state index contributed by atoms with van der Waals surface area (Å²) in [5, 5.41) is 3.26. The molecule has 1 N–H and O–H groups in total. The van der Waals surface area contributed by atoms with Gasteiger partial charge >= 0.3 is 5.97 Å². The average molecular weight is 235 g/mol. The van der Waals surface area contributed by atoms with Crippen LogP contribution in [-0.4, -0.2) is 25.2 Å². The highest BCUT2D eigenvalue weighted by Crippen LogP contribution is 2.27. The van der Waals surface area contributed by atoms with E-state index in [9.17, 15) is 4.79 Å². The Balaban J connectivity index is 1.74. The lowest BCUT2D eigenvalue weighted by molar-refractivity contribution is -0.156. The van der Waals surface area contributed by atoms with Gasteiger partial charge in [-0.1, -0.05) is 0 Å². The number of ether oxygens (including phenoxy) is 1. The summed E-state index contributed by atoms with van der Waals surface area (Å²) in [4.78, 5) is 11.9. The van der Waals surface area contributed by atoms with Crippen molar-refractivity contribution in [2.75, 3.05) is 13.1 Å². The fraction of sp³-hybridized carbons (Fsp3) is 0.786. The number of hydrogen-bond acceptors (Lipinski definition) is 3. The highest BCUT2D eigenvalue weighted by Gasteiger charge is 2.27. The predicted octanol–water partition coefficient (Wildman–Crippen LogP) is 1.72. The number of carbonyl (C=O) groups is 1. The van der Waals surface area contributed by atoms with Gasteiger partial charge in [0.05, 0.1) is 5.92 Å². The molecule has 0 radical (unpaired) electrons. The molecule has 0 unspecified atom stereocenters. The van der Waals surface area contributed by atoms with Gasteiger partial charge < -0.3 is 10.1 Å². The molecule has 17 heavy (non-hydrogen) atoms. The molecule has 0 aromatic heterocycles. The third-order valence-electron chi connectivity index (χ3n) is 3.87. The maximum Gasteiger partial charge on any atom is 0.309 e. The number of terminal acetylenes is 1. The van der Waals surface area contributed by atoms with Gasteiger partial charge in [-0.05, 0) is 51.6 Å². The van der Waals surface area contributed by atoms with Crippen molar-refractivity contribution in [3.63, 3.8) is 0 Å². The van der Waals surface area contributed by atoms with Crippen LogP contribution in [0.5, 0.6) is 0 Å². The molecule has 0 amide bonds. The van der Waals surface area contributed by atoms with Crippen molar-refractivity contribution >= 4 is 5.97 Å². The summed E-state index contributed by atoms with van der Waals surface area (Å²) in [5.41, 5.74) is 0. The fourth-order valence-corrected chi connectivity index (χ4v) is 2.67. The highest BCUT2D eigenvalue weighted by atomic mass is 16.5. The minimum Gasteiger partial charge on any atom is -0.462 e. The third kappa shape index (κ3) is 3.47. The van der Waals surface area contributed by atoms with Crippen LogP contribution < -0.4 is 5.32 Å². The maximum atomic E-state index is 11.9. The van der Waals surface area contributed by atoms with Crippen LogP contribution in [0.15, 0.2) is 0 Å². The first-order valence-corrected chi connectivity index (χ1v) is 6.67. The van der Waals surface area contributed by atoms with Crippen molar-refractivity contribution in [2.45, 2.75) is 44.6 Å². The van der Waals surface area contributed by atoms with Crippen molar-refractivity contribution in [3.8, 4) is 12.3 Å². The maximum absolute atomic E-state index is 11.9. The minimum atomic E-state index is 0.00987. The Morgan fingerprint density at radius 2 is 1.76 bits per heavy atom. The molecule has 1 heterocycles. The molecule has 3 heteroatoms. The molecule has 2 rings (SSSR count). The Labute approximate surface area is 103 Å². The highest BCUT2D eigenvalue weighted by molar-refractivity contribution is 5.72. The SMILES string of the molecule is C#CC1CCC(OC(=O)C2CCNCC2)CC1. The Morgan fingerprint density at radius 1 is 1.12 bits per heavy atom. The summed E-state index contributed by atoms with van der Waals surface area (Å²) in [6, 6.07) is 0. The van der Waals surface area contributed by atoms with E-state index in [0.29, 0.717) is 5.92 Å². The van der Waals surface area contributed by atoms with Gasteiger partial charge in [0, 0.05) is 5.92 Å². The lowest BCUT2D eigenvalue weighted by Gasteiger charge is -2.28. The second-order valence-electron chi connectivity index (χ2n) is 5.10. The standard InChI is InChI=1S/C14H21NO2/c1-2-11-3-5-13(6-4-11)17-14(16)12-7-9-15-10-8-12/h1,11-13,15H,3-10H2. The molecule has 0 aromatic rings. The molecule has 94 valence electrons. The van der Waals surface area contributed by atoms with Crippen LogP contribution in [0.25, 0.3) is 0 Å². The summed E-state index contributed by atoms with van der Waals surface area (Å²) in [5.74, 6) is 3.31. The van der Waals surface area contributed by atoms with Crippen LogP contribution in [0.1, 0.15) is 38.5 Å². The monoisotopic (exact) mass is 235 g/mol. The molecule has 2 fully saturated rings. The van der Waals surface area contributed by atoms with Crippen LogP contribution in [0.4, 0.5) is 0 Å². The molecule has 0 aromatic carbocycles. The molecule has 1 aliphatic heterocycles. The Kier molecular flexibility index (Phi) is 4.44. The summed E-state index contributed by atoms with van der Waals surface area (Å²) in [6.45, 7) is 1.87. The minimum absolute atomic E-state index is 0.00987. The van der Waals surface area contributed by atoms with Crippen LogP contribution in [0.2, 0.25) is 0 Å². The Bertz CT molecular complexity index is 294. The van der Waals surface area contributed by atoms with Crippen molar-refractivity contribution in [1.29, 1.82) is 0 Å². The van der Waals surface area contributed by atoms with E-state index < -0.39 is 0 Å². The van der Waals surface area contributed by atoms with Crippen molar-refractivity contribution < 1.29 is 9.53 Å². The van der Waals surface area contributed by atoms with Crippen LogP contribution in [0, 0.1) is 24.2 Å². The van der Waals surface area contributed by atoms with E-state index in [1.54, 1.807) is 0 Å². The Morgan fingerprint density at radius 3 is 2.35 bits per heavy atom. The molecular weight excluding hydrogens is 214 g/mol. The zero-order valence-electron chi connectivity index (χ0n) is 10.3. The van der Waals surface area contributed by atoms with E-state index in [0.717, 1.165) is 51.6 Å². The fourth-order valence-electron chi connectivity index (χ4n) is 2.67. The molecule has 3 nitrogen and oxygen atoms in total. The molecule has 1 saturated carbocycles. The predicted molar refractivity (Wildman–Crippen MR) is 66.3 cm³/mol. The summed E-state index contributed by atoms with van der Waals surface area (Å²) < 4.78 is 5.59. The Hall–Kier alpha value is -1.01. The molecule has 0 atom stereocenters. The zero-order chi connectivity index (χ0) is 12.1. The molecule has 0 bridgehead atoms. The van der Waals surface area contributed by atoms with Gasteiger partial charge in [0.15, 0.2) is 0 Å². The molecule has 1 aliphatic carbocycles. The number of esters is 1. The number of rotatable bonds is 2. The number of hydrogen-bond donors (Lipinski definition) is 1. The van der Waals surface area contributed by atoms with E-state index in [1.807, 2.05) is 0 Å². The zero-order valence-corrected chi connectivity index (χ0v) is 10.3. The first-order chi connectivity index (χ1) is 8.29. The molecule has 0 spiro atoms. The first kappa shape index (κ1) is 12.4. The van der Waals surface area contributed by atoms with Crippen LogP contribution in [-0.2, 0) is 9.53 Å². The third-order valence-corrected chi connectivity index (χ3v) is 3.87. The van der Waals surface area contributed by atoms with Crippen molar-refractivity contribution in [1.82, 2.24) is 5.32 Å². The number of nitrogens with one attached hydrogen (secondary N) is 1. The second kappa shape index (κ2) is 6.07. The van der Waals surface area contributed by atoms with E-state index >= 15 is 0 Å². The van der Waals surface area contributed by atoms with Gasteiger partial charge in [0.25, 0.3) is 0 Å². The van der Waals surface area contributed by atoms with Gasteiger partial charge in [-0.2, -0.15) is 0 Å². The van der Waals surface area contributed by atoms with Crippen molar-refractivity contribution in [3.05, 3.63) is 0 Å². The molecule has 2 aliphatic rings. The first-order valence-electron chi connectivity index (χ1n) is 6.67. The van der Waals surface area contributed by atoms with E-state index in [1.165, 1.54) is 0 Å². The van der Waals surface area contributed by atoms with Crippen LogP contribution in [0.3, 0.4) is 0 Å². The van der Waals surface area contributed by atoms with Gasteiger partial charge in [-0.3, -0.25) is 4.79 Å². The number of carbonyl (C=O) groups excluding carboxylic acids is 1. The van der Waals surface area contributed by atoms with Crippen LogP contribution >= 0.6 is 0 Å². The van der Waals surface area contributed by atoms with Gasteiger partial charge in [0.2, 0.25) is 0 Å². The van der Waals surface area contributed by atoms with E-state index in [4.69, 9.17) is 11.2 Å². The summed E-state index contributed by atoms with van der Waals surface area (Å²) >= 11 is 0. The lowest BCUT2D eigenvalue weighted by atomic mass is 9.88. The van der Waals surface area contributed by atoms with Gasteiger partial charge in [0.1, 0.15) is 6.10 Å². The normalized spacial score (nSPS) is 30.5. The topological polar surface area (TPSA) is 38.3 Å². The molecule has 1 saturated heterocycles. The van der Waals surface area contributed by atoms with E-state index in [-0.39, 0.29) is 18.0 Å². The summed E-state index contributed by atoms with van der Waals surface area (Å²) in [6.07, 6.45) is 11.2.